The predicted molar refractivity (Wildman–Crippen MR) is 86.3 cm³/mol. The van der Waals surface area contributed by atoms with E-state index in [0.717, 1.165) is 22.8 Å². The van der Waals surface area contributed by atoms with Crippen LogP contribution in [0.3, 0.4) is 0 Å². The Morgan fingerprint density at radius 3 is 2.26 bits per heavy atom. The van der Waals surface area contributed by atoms with Gasteiger partial charge in [0.15, 0.2) is 0 Å². The Labute approximate surface area is 135 Å². The number of methoxy groups -OCH3 is 2. The molecular weight excluding hydrogens is 296 g/mol. The smallest absolute Gasteiger partial charge is 0.354 e. The molecule has 6 nitrogen and oxygen atoms in total. The molecule has 0 bridgehead atoms. The standard InChI is InChI=1S/C17H18N2O4/c1-11-8-13(6-5-7-18)9-12(2)16(11)19-14(17(21)23-4)10-15(20)22-3/h5-6,8-10,19H,1-4H3/b6-5?,14-10+. The molecule has 0 spiro atoms. The first-order chi connectivity index (χ1) is 10.9. The minimum Gasteiger partial charge on any atom is -0.466 e. The third kappa shape index (κ3) is 5.00. The summed E-state index contributed by atoms with van der Waals surface area (Å²) in [7, 11) is 2.45. The van der Waals surface area contributed by atoms with Crippen molar-refractivity contribution in [3.63, 3.8) is 0 Å². The highest BCUT2D eigenvalue weighted by molar-refractivity contribution is 5.99. The highest BCUT2D eigenvalue weighted by atomic mass is 16.5. The zero-order valence-electron chi connectivity index (χ0n) is 13.5. The number of anilines is 1. The number of nitriles is 1. The number of allylic oxidation sites excluding steroid dienone is 1. The molecule has 0 aliphatic carbocycles. The van der Waals surface area contributed by atoms with Crippen molar-refractivity contribution < 1.29 is 19.1 Å². The Morgan fingerprint density at radius 2 is 1.78 bits per heavy atom. The van der Waals surface area contributed by atoms with Gasteiger partial charge in [-0.2, -0.15) is 5.26 Å². The Hall–Kier alpha value is -3.07. The zero-order chi connectivity index (χ0) is 17.4. The van der Waals surface area contributed by atoms with Crippen molar-refractivity contribution in [1.82, 2.24) is 0 Å². The highest BCUT2D eigenvalue weighted by Crippen LogP contribution is 2.24. The molecule has 0 aliphatic heterocycles. The minimum atomic E-state index is -0.678. The summed E-state index contributed by atoms with van der Waals surface area (Å²) < 4.78 is 9.20. The normalized spacial score (nSPS) is 11.0. The number of esters is 2. The van der Waals surface area contributed by atoms with Crippen molar-refractivity contribution >= 4 is 23.7 Å². The first-order valence-electron chi connectivity index (χ1n) is 6.75. The van der Waals surface area contributed by atoms with E-state index in [4.69, 9.17) is 5.26 Å². The van der Waals surface area contributed by atoms with E-state index >= 15 is 0 Å². The minimum absolute atomic E-state index is 0.0223. The quantitative estimate of drug-likeness (QED) is 0.510. The van der Waals surface area contributed by atoms with E-state index in [9.17, 15) is 9.59 Å². The van der Waals surface area contributed by atoms with E-state index < -0.39 is 11.9 Å². The summed E-state index contributed by atoms with van der Waals surface area (Å²) in [5.74, 6) is -1.34. The summed E-state index contributed by atoms with van der Waals surface area (Å²) in [5.41, 5.74) is 3.22. The van der Waals surface area contributed by atoms with Gasteiger partial charge in [-0.1, -0.05) is 0 Å². The van der Waals surface area contributed by atoms with Gasteiger partial charge in [-0.15, -0.1) is 0 Å². The second-order valence-electron chi connectivity index (χ2n) is 4.69. The van der Waals surface area contributed by atoms with Crippen LogP contribution in [-0.4, -0.2) is 26.2 Å². The lowest BCUT2D eigenvalue weighted by molar-refractivity contribution is -0.138. The van der Waals surface area contributed by atoms with Crippen LogP contribution in [0.2, 0.25) is 0 Å². The Kier molecular flexibility index (Phi) is 6.56. The van der Waals surface area contributed by atoms with Crippen LogP contribution in [0.1, 0.15) is 16.7 Å². The Balaban J connectivity index is 3.22. The average molecular weight is 314 g/mol. The van der Waals surface area contributed by atoms with Crippen molar-refractivity contribution in [1.29, 1.82) is 5.26 Å². The van der Waals surface area contributed by atoms with E-state index in [0.29, 0.717) is 5.69 Å². The predicted octanol–water partition coefficient (Wildman–Crippen LogP) is 2.48. The SMILES string of the molecule is COC(=O)/C=C(/Nc1c(C)cc(C=CC#N)cc1C)C(=O)OC. The Morgan fingerprint density at radius 1 is 1.17 bits per heavy atom. The number of carbonyl (C=O) groups excluding carboxylic acids is 2. The van der Waals surface area contributed by atoms with E-state index in [1.165, 1.54) is 20.3 Å². The molecule has 0 saturated carbocycles. The van der Waals surface area contributed by atoms with Crippen LogP contribution in [0.25, 0.3) is 6.08 Å². The molecule has 0 atom stereocenters. The van der Waals surface area contributed by atoms with Gasteiger partial charge in [-0.25, -0.2) is 9.59 Å². The van der Waals surface area contributed by atoms with Gasteiger partial charge >= 0.3 is 11.9 Å². The fraction of sp³-hybridized carbons (Fsp3) is 0.235. The van der Waals surface area contributed by atoms with Gasteiger partial charge in [0.25, 0.3) is 0 Å². The molecule has 1 rings (SSSR count). The van der Waals surface area contributed by atoms with Crippen LogP contribution in [-0.2, 0) is 19.1 Å². The highest BCUT2D eigenvalue weighted by Gasteiger charge is 2.15. The fourth-order valence-electron chi connectivity index (χ4n) is 1.99. The van der Waals surface area contributed by atoms with Gasteiger partial charge in [0, 0.05) is 11.8 Å². The molecule has 0 heterocycles. The summed E-state index contributed by atoms with van der Waals surface area (Å²) in [6, 6.07) is 5.65. The topological polar surface area (TPSA) is 88.4 Å². The van der Waals surface area contributed by atoms with Crippen molar-refractivity contribution in [2.24, 2.45) is 0 Å². The maximum absolute atomic E-state index is 11.8. The number of ether oxygens (including phenoxy) is 2. The second kappa shape index (κ2) is 8.39. The lowest BCUT2D eigenvalue weighted by atomic mass is 10.0. The molecule has 1 aromatic rings. The number of nitrogens with zero attached hydrogens (tertiary/aromatic N) is 1. The van der Waals surface area contributed by atoms with Gasteiger partial charge in [-0.3, -0.25) is 0 Å². The maximum Gasteiger partial charge on any atom is 0.354 e. The molecule has 6 heteroatoms. The maximum atomic E-state index is 11.8. The second-order valence-corrected chi connectivity index (χ2v) is 4.69. The molecule has 1 N–H and O–H groups in total. The van der Waals surface area contributed by atoms with Crippen LogP contribution in [0.4, 0.5) is 5.69 Å². The van der Waals surface area contributed by atoms with Gasteiger partial charge < -0.3 is 14.8 Å². The van der Waals surface area contributed by atoms with E-state index in [-0.39, 0.29) is 5.70 Å². The van der Waals surface area contributed by atoms with E-state index in [1.54, 1.807) is 6.08 Å². The van der Waals surface area contributed by atoms with Crippen LogP contribution in [0.5, 0.6) is 0 Å². The zero-order valence-corrected chi connectivity index (χ0v) is 13.5. The third-order valence-electron chi connectivity index (χ3n) is 3.03. The van der Waals surface area contributed by atoms with Crippen LogP contribution in [0.15, 0.2) is 30.0 Å². The summed E-state index contributed by atoms with van der Waals surface area (Å²) in [6.45, 7) is 3.71. The van der Waals surface area contributed by atoms with E-state index in [1.807, 2.05) is 32.0 Å². The number of aryl methyl sites for hydroxylation is 2. The molecule has 1 aromatic carbocycles. The molecule has 0 amide bonds. The molecule has 23 heavy (non-hydrogen) atoms. The molecule has 120 valence electrons. The van der Waals surface area contributed by atoms with Gasteiger partial charge in [0.05, 0.1) is 26.4 Å². The number of benzene rings is 1. The molecule has 0 fully saturated rings. The van der Waals surface area contributed by atoms with Gasteiger partial charge in [-0.05, 0) is 48.7 Å². The largest absolute Gasteiger partial charge is 0.466 e. The molecular formula is C17H18N2O4. The first kappa shape index (κ1) is 18.0. The van der Waals surface area contributed by atoms with Crippen LogP contribution >= 0.6 is 0 Å². The average Bonchev–Trinajstić information content (AvgIpc) is 2.53. The summed E-state index contributed by atoms with van der Waals surface area (Å²) in [6.07, 6.45) is 4.11. The van der Waals surface area contributed by atoms with Crippen molar-refractivity contribution in [3.05, 3.63) is 46.7 Å². The van der Waals surface area contributed by atoms with Crippen molar-refractivity contribution in [3.8, 4) is 6.07 Å². The lowest BCUT2D eigenvalue weighted by Crippen LogP contribution is -2.16. The van der Waals surface area contributed by atoms with Crippen molar-refractivity contribution in [2.45, 2.75) is 13.8 Å². The molecule has 0 unspecified atom stereocenters. The molecule has 0 radical (unpaired) electrons. The number of rotatable bonds is 5. The van der Waals surface area contributed by atoms with Gasteiger partial charge in [0.2, 0.25) is 0 Å². The number of nitrogens with one attached hydrogen (secondary N) is 1. The summed E-state index contributed by atoms with van der Waals surface area (Å²) in [5, 5.41) is 11.5. The molecule has 0 aromatic heterocycles. The molecule has 0 saturated heterocycles. The van der Waals surface area contributed by atoms with E-state index in [2.05, 4.69) is 14.8 Å². The Bertz CT molecular complexity index is 689. The summed E-state index contributed by atoms with van der Waals surface area (Å²) in [4.78, 5) is 23.2. The monoisotopic (exact) mass is 314 g/mol. The fourth-order valence-corrected chi connectivity index (χ4v) is 1.99. The van der Waals surface area contributed by atoms with Gasteiger partial charge in [0.1, 0.15) is 5.70 Å². The van der Waals surface area contributed by atoms with Crippen LogP contribution < -0.4 is 5.32 Å². The number of carbonyl (C=O) groups is 2. The lowest BCUT2D eigenvalue weighted by Gasteiger charge is -2.15. The molecule has 0 aliphatic rings. The number of hydrogen-bond donors (Lipinski definition) is 1. The third-order valence-corrected chi connectivity index (χ3v) is 3.03. The first-order valence-corrected chi connectivity index (χ1v) is 6.75. The summed E-state index contributed by atoms with van der Waals surface area (Å²) >= 11 is 0. The van der Waals surface area contributed by atoms with Crippen LogP contribution in [0, 0.1) is 25.2 Å². The number of hydrogen-bond acceptors (Lipinski definition) is 6. The van der Waals surface area contributed by atoms with Crippen molar-refractivity contribution in [2.75, 3.05) is 19.5 Å².